The van der Waals surface area contributed by atoms with E-state index < -0.39 is 11.7 Å². The first-order valence-electron chi connectivity index (χ1n) is 5.77. The summed E-state index contributed by atoms with van der Waals surface area (Å²) in [7, 11) is 0. The van der Waals surface area contributed by atoms with Crippen LogP contribution in [0.1, 0.15) is 43.0 Å². The molecular formula is C12H15F3N2. The van der Waals surface area contributed by atoms with Crippen molar-refractivity contribution in [2.24, 2.45) is 11.7 Å². The summed E-state index contributed by atoms with van der Waals surface area (Å²) >= 11 is 0. The Morgan fingerprint density at radius 3 is 2.35 bits per heavy atom. The summed E-state index contributed by atoms with van der Waals surface area (Å²) in [6.45, 7) is 0. The standard InChI is InChI=1S/C12H15F3N2/c13-12(14,15)9-5-6-10(17-7-9)11(16)8-3-1-2-4-8/h5-8,11H,1-4,16H2. The van der Waals surface area contributed by atoms with E-state index in [1.807, 2.05) is 0 Å². The Bertz CT molecular complexity index is 366. The van der Waals surface area contributed by atoms with Crippen molar-refractivity contribution in [3.05, 3.63) is 29.6 Å². The molecule has 0 aromatic carbocycles. The number of hydrogen-bond acceptors (Lipinski definition) is 2. The average Bonchev–Trinajstić information content (AvgIpc) is 2.80. The molecular weight excluding hydrogens is 229 g/mol. The number of halogens is 3. The first-order chi connectivity index (χ1) is 7.98. The molecule has 1 saturated carbocycles. The second kappa shape index (κ2) is 4.64. The van der Waals surface area contributed by atoms with E-state index in [1.165, 1.54) is 6.07 Å². The molecule has 2 N–H and O–H groups in total. The first kappa shape index (κ1) is 12.4. The van der Waals surface area contributed by atoms with Crippen LogP contribution in [0, 0.1) is 5.92 Å². The number of hydrogen-bond donors (Lipinski definition) is 1. The van der Waals surface area contributed by atoms with E-state index >= 15 is 0 Å². The molecule has 2 rings (SSSR count). The van der Waals surface area contributed by atoms with Gasteiger partial charge in [-0.15, -0.1) is 0 Å². The molecule has 1 atom stereocenters. The monoisotopic (exact) mass is 244 g/mol. The summed E-state index contributed by atoms with van der Waals surface area (Å²) in [4.78, 5) is 3.84. The molecule has 0 bridgehead atoms. The number of nitrogens with two attached hydrogens (primary N) is 1. The lowest BCUT2D eigenvalue weighted by atomic mass is 9.95. The van der Waals surface area contributed by atoms with Crippen LogP contribution in [0.5, 0.6) is 0 Å². The zero-order chi connectivity index (χ0) is 12.5. The lowest BCUT2D eigenvalue weighted by Gasteiger charge is -2.18. The fourth-order valence-corrected chi connectivity index (χ4v) is 2.33. The molecule has 1 heterocycles. The van der Waals surface area contributed by atoms with Crippen LogP contribution in [0.25, 0.3) is 0 Å². The largest absolute Gasteiger partial charge is 0.417 e. The minimum absolute atomic E-state index is 0.236. The van der Waals surface area contributed by atoms with Gasteiger partial charge in [0.25, 0.3) is 0 Å². The van der Waals surface area contributed by atoms with Crippen LogP contribution >= 0.6 is 0 Å². The van der Waals surface area contributed by atoms with E-state index in [-0.39, 0.29) is 6.04 Å². The van der Waals surface area contributed by atoms with Crippen molar-refractivity contribution in [1.29, 1.82) is 0 Å². The van der Waals surface area contributed by atoms with Gasteiger partial charge in [-0.05, 0) is 30.9 Å². The summed E-state index contributed by atoms with van der Waals surface area (Å²) in [6.07, 6.45) is 0.929. The van der Waals surface area contributed by atoms with Crippen LogP contribution < -0.4 is 5.73 Å². The molecule has 0 radical (unpaired) electrons. The van der Waals surface area contributed by atoms with Crippen molar-refractivity contribution in [3.8, 4) is 0 Å². The van der Waals surface area contributed by atoms with E-state index in [0.29, 0.717) is 11.6 Å². The van der Waals surface area contributed by atoms with Crippen molar-refractivity contribution < 1.29 is 13.2 Å². The van der Waals surface area contributed by atoms with Crippen LogP contribution in [0.3, 0.4) is 0 Å². The van der Waals surface area contributed by atoms with Gasteiger partial charge in [0.1, 0.15) is 0 Å². The van der Waals surface area contributed by atoms with Crippen molar-refractivity contribution in [2.75, 3.05) is 0 Å². The lowest BCUT2D eigenvalue weighted by Crippen LogP contribution is -2.20. The molecule has 1 fully saturated rings. The molecule has 1 aromatic rings. The molecule has 94 valence electrons. The van der Waals surface area contributed by atoms with Gasteiger partial charge in [-0.2, -0.15) is 13.2 Å². The highest BCUT2D eigenvalue weighted by Crippen LogP contribution is 2.34. The maximum absolute atomic E-state index is 12.4. The van der Waals surface area contributed by atoms with Crippen molar-refractivity contribution >= 4 is 0 Å². The molecule has 0 aliphatic heterocycles. The van der Waals surface area contributed by atoms with Crippen LogP contribution in [0.15, 0.2) is 18.3 Å². The molecule has 1 aliphatic rings. The Labute approximate surface area is 98.0 Å². The highest BCUT2D eigenvalue weighted by atomic mass is 19.4. The van der Waals surface area contributed by atoms with Crippen LogP contribution in [0.2, 0.25) is 0 Å². The second-order valence-electron chi connectivity index (χ2n) is 4.54. The van der Waals surface area contributed by atoms with Gasteiger partial charge in [0.15, 0.2) is 0 Å². The zero-order valence-electron chi connectivity index (χ0n) is 9.37. The quantitative estimate of drug-likeness (QED) is 0.867. The summed E-state index contributed by atoms with van der Waals surface area (Å²) in [5.41, 5.74) is 5.85. The molecule has 1 aromatic heterocycles. The van der Waals surface area contributed by atoms with Gasteiger partial charge in [0.05, 0.1) is 11.3 Å². The first-order valence-corrected chi connectivity index (χ1v) is 5.77. The van der Waals surface area contributed by atoms with E-state index in [4.69, 9.17) is 5.73 Å². The molecule has 5 heteroatoms. The number of pyridine rings is 1. The molecule has 1 unspecified atom stereocenters. The number of rotatable bonds is 2. The SMILES string of the molecule is NC(c1ccc(C(F)(F)F)cn1)C1CCCC1. The minimum Gasteiger partial charge on any atom is -0.322 e. The van der Waals surface area contributed by atoms with Crippen molar-refractivity contribution in [3.63, 3.8) is 0 Å². The molecule has 0 saturated heterocycles. The third-order valence-corrected chi connectivity index (χ3v) is 3.36. The van der Waals surface area contributed by atoms with Gasteiger partial charge >= 0.3 is 6.18 Å². The maximum Gasteiger partial charge on any atom is 0.417 e. The molecule has 17 heavy (non-hydrogen) atoms. The smallest absolute Gasteiger partial charge is 0.322 e. The number of aromatic nitrogens is 1. The fourth-order valence-electron chi connectivity index (χ4n) is 2.33. The van der Waals surface area contributed by atoms with Gasteiger partial charge in [0, 0.05) is 12.2 Å². The summed E-state index contributed by atoms with van der Waals surface area (Å²) in [5.74, 6) is 0.360. The van der Waals surface area contributed by atoms with Gasteiger partial charge in [-0.3, -0.25) is 4.98 Å². The zero-order valence-corrected chi connectivity index (χ0v) is 9.37. The summed E-state index contributed by atoms with van der Waals surface area (Å²) in [6, 6.07) is 2.21. The van der Waals surface area contributed by atoms with E-state index in [9.17, 15) is 13.2 Å². The van der Waals surface area contributed by atoms with Gasteiger partial charge in [-0.1, -0.05) is 12.8 Å². The second-order valence-corrected chi connectivity index (χ2v) is 4.54. The lowest BCUT2D eigenvalue weighted by molar-refractivity contribution is -0.137. The third-order valence-electron chi connectivity index (χ3n) is 3.36. The van der Waals surface area contributed by atoms with Gasteiger partial charge < -0.3 is 5.73 Å². The highest BCUT2D eigenvalue weighted by molar-refractivity contribution is 5.19. The Morgan fingerprint density at radius 2 is 1.88 bits per heavy atom. The Kier molecular flexibility index (Phi) is 3.38. The minimum atomic E-state index is -4.33. The third kappa shape index (κ3) is 2.77. The normalized spacial score (nSPS) is 19.5. The van der Waals surface area contributed by atoms with Crippen LogP contribution in [-0.2, 0) is 6.18 Å². The Balaban J connectivity index is 2.12. The molecule has 0 spiro atoms. The van der Waals surface area contributed by atoms with Crippen LogP contribution in [0.4, 0.5) is 13.2 Å². The average molecular weight is 244 g/mol. The van der Waals surface area contributed by atoms with Crippen molar-refractivity contribution in [1.82, 2.24) is 4.98 Å². The van der Waals surface area contributed by atoms with Gasteiger partial charge in [-0.25, -0.2) is 0 Å². The number of nitrogens with zero attached hydrogens (tertiary/aromatic N) is 1. The summed E-state index contributed by atoms with van der Waals surface area (Å²) < 4.78 is 37.1. The van der Waals surface area contributed by atoms with Crippen LogP contribution in [-0.4, -0.2) is 4.98 Å². The fraction of sp³-hybridized carbons (Fsp3) is 0.583. The highest BCUT2D eigenvalue weighted by Gasteiger charge is 2.31. The molecule has 0 amide bonds. The van der Waals surface area contributed by atoms with E-state index in [1.54, 1.807) is 0 Å². The van der Waals surface area contributed by atoms with E-state index in [0.717, 1.165) is 37.9 Å². The Morgan fingerprint density at radius 1 is 1.24 bits per heavy atom. The molecule has 1 aliphatic carbocycles. The number of alkyl halides is 3. The Hall–Kier alpha value is -1.10. The van der Waals surface area contributed by atoms with Gasteiger partial charge in [0.2, 0.25) is 0 Å². The van der Waals surface area contributed by atoms with E-state index in [2.05, 4.69) is 4.98 Å². The predicted molar refractivity (Wildman–Crippen MR) is 58.1 cm³/mol. The maximum atomic E-state index is 12.4. The van der Waals surface area contributed by atoms with Crippen molar-refractivity contribution in [2.45, 2.75) is 37.9 Å². The predicted octanol–water partition coefficient (Wildman–Crippen LogP) is 3.29. The summed E-state index contributed by atoms with van der Waals surface area (Å²) in [5, 5.41) is 0. The molecule has 2 nitrogen and oxygen atoms in total. The topological polar surface area (TPSA) is 38.9 Å².